The van der Waals surface area contributed by atoms with Gasteiger partial charge in [0.15, 0.2) is 0 Å². The molecule has 0 atom stereocenters. The number of hydrazine groups is 1. The summed E-state index contributed by atoms with van der Waals surface area (Å²) in [7, 11) is 0. The van der Waals surface area contributed by atoms with E-state index in [0.29, 0.717) is 11.1 Å². The van der Waals surface area contributed by atoms with Gasteiger partial charge in [0.05, 0.1) is 0 Å². The molecule has 0 radical (unpaired) electrons. The molecule has 0 N–H and O–H groups in total. The van der Waals surface area contributed by atoms with E-state index >= 15 is 0 Å². The monoisotopic (exact) mass is 248 g/mol. The molecule has 16 heavy (non-hydrogen) atoms. The molecule has 0 aromatic heterocycles. The van der Waals surface area contributed by atoms with Gasteiger partial charge in [-0.2, -0.15) is 26.3 Å². The quantitative estimate of drug-likeness (QED) is 0.369. The summed E-state index contributed by atoms with van der Waals surface area (Å²) in [6, 6.07) is 0. The van der Waals surface area contributed by atoms with Gasteiger partial charge in [-0.1, -0.05) is 11.1 Å². The van der Waals surface area contributed by atoms with Crippen molar-refractivity contribution in [1.29, 1.82) is 0 Å². The third kappa shape index (κ3) is 2.67. The van der Waals surface area contributed by atoms with E-state index in [1.54, 1.807) is 0 Å². The minimum atomic E-state index is -5.03. The molecule has 2 nitrogen and oxygen atoms in total. The van der Waals surface area contributed by atoms with Gasteiger partial charge >= 0.3 is 12.6 Å². The maximum atomic E-state index is 12.4. The highest BCUT2D eigenvalue weighted by Gasteiger charge is 2.52. The van der Waals surface area contributed by atoms with Crippen LogP contribution in [0.4, 0.5) is 26.3 Å². The lowest BCUT2D eigenvalue weighted by Crippen LogP contribution is -2.59. The molecule has 0 amide bonds. The molecule has 0 aromatic rings. The Balaban J connectivity index is 3.06. The zero-order valence-corrected chi connectivity index (χ0v) is 8.58. The Morgan fingerprint density at radius 2 is 1.00 bits per heavy atom. The van der Waals surface area contributed by atoms with Crippen LogP contribution in [0.25, 0.3) is 0 Å². The van der Waals surface area contributed by atoms with Gasteiger partial charge < -0.3 is 0 Å². The Labute approximate surface area is 88.1 Å². The lowest BCUT2D eigenvalue weighted by molar-refractivity contribution is -0.397. The minimum absolute atomic E-state index is 0.304. The average Bonchev–Trinajstić information content (AvgIpc) is 2.05. The third-order valence-corrected chi connectivity index (χ3v) is 2.38. The summed E-state index contributed by atoms with van der Waals surface area (Å²) in [4.78, 5) is 0. The van der Waals surface area contributed by atoms with Crippen molar-refractivity contribution in [3.8, 4) is 0 Å². The molecule has 1 rings (SSSR count). The zero-order chi connectivity index (χ0) is 12.7. The van der Waals surface area contributed by atoms with Crippen molar-refractivity contribution in [1.82, 2.24) is 10.0 Å². The van der Waals surface area contributed by atoms with Crippen molar-refractivity contribution in [3.05, 3.63) is 11.1 Å². The first-order chi connectivity index (χ1) is 7.03. The maximum Gasteiger partial charge on any atom is 0.473 e. The van der Waals surface area contributed by atoms with Crippen molar-refractivity contribution < 1.29 is 26.3 Å². The van der Waals surface area contributed by atoms with E-state index in [0.717, 1.165) is 0 Å². The van der Waals surface area contributed by atoms with Crippen LogP contribution in [-0.4, -0.2) is 35.7 Å². The van der Waals surface area contributed by atoms with Crippen LogP contribution in [-0.2, 0) is 0 Å². The minimum Gasteiger partial charge on any atom is -0.154 e. The molecule has 0 bridgehead atoms. The molecule has 1 aliphatic heterocycles. The summed E-state index contributed by atoms with van der Waals surface area (Å²) in [6.45, 7) is 1.22. The summed E-state index contributed by atoms with van der Waals surface area (Å²) in [5, 5.41) is -1.23. The number of hydrogen-bond acceptors (Lipinski definition) is 2. The lowest BCUT2D eigenvalue weighted by Gasteiger charge is -2.40. The van der Waals surface area contributed by atoms with Gasteiger partial charge in [0.25, 0.3) is 0 Å². The molecule has 0 aromatic carbocycles. The molecular formula is C8H10F6N2. The molecule has 0 saturated heterocycles. The zero-order valence-electron chi connectivity index (χ0n) is 8.58. The van der Waals surface area contributed by atoms with Crippen LogP contribution in [0, 0.1) is 0 Å². The summed E-state index contributed by atoms with van der Waals surface area (Å²) in [5.41, 5.74) is 0.607. The molecule has 1 aliphatic rings. The molecule has 0 aliphatic carbocycles. The number of rotatable bonds is 0. The first-order valence-electron chi connectivity index (χ1n) is 4.37. The predicted molar refractivity (Wildman–Crippen MR) is 43.9 cm³/mol. The van der Waals surface area contributed by atoms with Crippen LogP contribution in [0.3, 0.4) is 0 Å². The van der Waals surface area contributed by atoms with Gasteiger partial charge in [0.2, 0.25) is 0 Å². The molecule has 0 fully saturated rings. The van der Waals surface area contributed by atoms with E-state index in [9.17, 15) is 26.3 Å². The Morgan fingerprint density at radius 3 is 1.19 bits per heavy atom. The Hall–Kier alpha value is -0.760. The first-order valence-corrected chi connectivity index (χ1v) is 4.37. The SMILES string of the molecule is CC1=C(C)CN(C(F)(F)F)N(C(F)(F)F)C1. The Kier molecular flexibility index (Phi) is 3.26. The van der Waals surface area contributed by atoms with E-state index < -0.39 is 35.7 Å². The second-order valence-electron chi connectivity index (χ2n) is 3.61. The number of alkyl halides is 6. The topological polar surface area (TPSA) is 6.48 Å². The van der Waals surface area contributed by atoms with Crippen LogP contribution >= 0.6 is 0 Å². The smallest absolute Gasteiger partial charge is 0.154 e. The second kappa shape index (κ2) is 3.92. The van der Waals surface area contributed by atoms with Gasteiger partial charge in [0, 0.05) is 13.1 Å². The Bertz CT molecular complexity index is 273. The van der Waals surface area contributed by atoms with Crippen molar-refractivity contribution in [3.63, 3.8) is 0 Å². The van der Waals surface area contributed by atoms with E-state index in [2.05, 4.69) is 0 Å². The maximum absolute atomic E-state index is 12.4. The third-order valence-electron chi connectivity index (χ3n) is 2.38. The molecule has 0 unspecified atom stereocenters. The van der Waals surface area contributed by atoms with Crippen molar-refractivity contribution in [2.24, 2.45) is 0 Å². The summed E-state index contributed by atoms with van der Waals surface area (Å²) in [6.07, 6.45) is -10.1. The fourth-order valence-electron chi connectivity index (χ4n) is 1.34. The standard InChI is InChI=1S/C8H10F6N2/c1-5-3-15(7(9,10)11)16(4-6(5)2)8(12,13)14/h3-4H2,1-2H3. The van der Waals surface area contributed by atoms with E-state index in [1.807, 2.05) is 0 Å². The molecule has 0 saturated carbocycles. The van der Waals surface area contributed by atoms with Gasteiger partial charge in [-0.25, -0.2) is 0 Å². The number of nitrogens with zero attached hydrogens (tertiary/aromatic N) is 2. The predicted octanol–water partition coefficient (Wildman–Crippen LogP) is 2.90. The summed E-state index contributed by atoms with van der Waals surface area (Å²) in [5.74, 6) is 0. The highest BCUT2D eigenvalue weighted by atomic mass is 19.4. The van der Waals surface area contributed by atoms with Crippen LogP contribution in [0.15, 0.2) is 11.1 Å². The summed E-state index contributed by atoms with van der Waals surface area (Å²) >= 11 is 0. The van der Waals surface area contributed by atoms with Gasteiger partial charge in [-0.05, 0) is 13.8 Å². The summed E-state index contributed by atoms with van der Waals surface area (Å²) < 4.78 is 74.3. The fraction of sp³-hybridized carbons (Fsp3) is 0.750. The van der Waals surface area contributed by atoms with Crippen molar-refractivity contribution in [2.45, 2.75) is 26.4 Å². The van der Waals surface area contributed by atoms with E-state index in [1.165, 1.54) is 13.8 Å². The van der Waals surface area contributed by atoms with Crippen LogP contribution in [0.2, 0.25) is 0 Å². The molecule has 1 heterocycles. The molecule has 0 spiro atoms. The van der Waals surface area contributed by atoms with Crippen LogP contribution in [0.5, 0.6) is 0 Å². The first kappa shape index (κ1) is 13.3. The van der Waals surface area contributed by atoms with Crippen LogP contribution in [0.1, 0.15) is 13.8 Å². The number of halogens is 6. The Morgan fingerprint density at radius 1 is 0.750 bits per heavy atom. The van der Waals surface area contributed by atoms with Crippen molar-refractivity contribution in [2.75, 3.05) is 13.1 Å². The second-order valence-corrected chi connectivity index (χ2v) is 3.61. The van der Waals surface area contributed by atoms with E-state index in [-0.39, 0.29) is 0 Å². The van der Waals surface area contributed by atoms with Gasteiger partial charge in [0.1, 0.15) is 0 Å². The highest BCUT2D eigenvalue weighted by molar-refractivity contribution is 5.15. The van der Waals surface area contributed by atoms with Gasteiger partial charge in [-0.3, -0.25) is 0 Å². The molecule has 8 heteroatoms. The average molecular weight is 248 g/mol. The molecular weight excluding hydrogens is 238 g/mol. The fourth-order valence-corrected chi connectivity index (χ4v) is 1.34. The van der Waals surface area contributed by atoms with Gasteiger partial charge in [-0.15, -0.1) is 10.0 Å². The number of hydrogen-bond donors (Lipinski definition) is 0. The lowest BCUT2D eigenvalue weighted by atomic mass is 10.1. The molecule has 94 valence electrons. The highest BCUT2D eigenvalue weighted by Crippen LogP contribution is 2.35. The van der Waals surface area contributed by atoms with Crippen molar-refractivity contribution >= 4 is 0 Å². The largest absolute Gasteiger partial charge is 0.473 e. The van der Waals surface area contributed by atoms with E-state index in [4.69, 9.17) is 0 Å². The normalized spacial score (nSPS) is 21.8. The van der Waals surface area contributed by atoms with Crippen LogP contribution < -0.4 is 0 Å².